The zero-order valence-electron chi connectivity index (χ0n) is 17.0. The second-order valence-corrected chi connectivity index (χ2v) is 5.90. The van der Waals surface area contributed by atoms with Crippen molar-refractivity contribution in [3.8, 4) is 11.5 Å². The molecule has 8 nitrogen and oxygen atoms in total. The van der Waals surface area contributed by atoms with Crippen molar-refractivity contribution in [2.24, 2.45) is 0 Å². The molecule has 2 rings (SSSR count). The van der Waals surface area contributed by atoms with E-state index in [1.807, 2.05) is 6.92 Å². The molecule has 0 saturated heterocycles. The van der Waals surface area contributed by atoms with Gasteiger partial charge in [-0.3, -0.25) is 4.79 Å². The van der Waals surface area contributed by atoms with Crippen LogP contribution in [0.2, 0.25) is 0 Å². The first kappa shape index (κ1) is 22.5. The first-order valence-electron chi connectivity index (χ1n) is 9.10. The van der Waals surface area contributed by atoms with E-state index >= 15 is 0 Å². The van der Waals surface area contributed by atoms with Crippen molar-refractivity contribution >= 4 is 29.6 Å². The summed E-state index contributed by atoms with van der Waals surface area (Å²) in [4.78, 5) is 35.2. The monoisotopic (exact) mass is 413 g/mol. The Hall–Kier alpha value is -3.81. The summed E-state index contributed by atoms with van der Waals surface area (Å²) in [5.41, 5.74) is 1.53. The molecule has 0 spiro atoms. The molecule has 1 amide bonds. The number of anilines is 1. The highest BCUT2D eigenvalue weighted by molar-refractivity contribution is 5.95. The zero-order valence-corrected chi connectivity index (χ0v) is 17.0. The first-order chi connectivity index (χ1) is 14.5. The molecule has 0 atom stereocenters. The maximum atomic E-state index is 11.9. The summed E-state index contributed by atoms with van der Waals surface area (Å²) >= 11 is 0. The zero-order chi connectivity index (χ0) is 21.9. The molecule has 8 heteroatoms. The highest BCUT2D eigenvalue weighted by Gasteiger charge is 2.09. The van der Waals surface area contributed by atoms with E-state index in [4.69, 9.17) is 14.2 Å². The van der Waals surface area contributed by atoms with Crippen LogP contribution in [0.15, 0.2) is 48.5 Å². The van der Waals surface area contributed by atoms with E-state index in [2.05, 4.69) is 10.1 Å². The summed E-state index contributed by atoms with van der Waals surface area (Å²) in [6.45, 7) is 1.93. The lowest BCUT2D eigenvalue weighted by molar-refractivity contribution is -0.142. The summed E-state index contributed by atoms with van der Waals surface area (Å²) < 4.78 is 20.2. The lowest BCUT2D eigenvalue weighted by Gasteiger charge is -2.09. The van der Waals surface area contributed by atoms with Crippen LogP contribution in [0.5, 0.6) is 11.5 Å². The molecule has 0 unspecified atom stereocenters. The van der Waals surface area contributed by atoms with Crippen LogP contribution in [0.1, 0.15) is 22.8 Å². The highest BCUT2D eigenvalue weighted by Crippen LogP contribution is 2.28. The van der Waals surface area contributed by atoms with Gasteiger partial charge in [0.15, 0.2) is 18.1 Å². The van der Waals surface area contributed by atoms with Gasteiger partial charge in [-0.05, 0) is 55.0 Å². The van der Waals surface area contributed by atoms with Gasteiger partial charge in [0.05, 0.1) is 26.4 Å². The fourth-order valence-electron chi connectivity index (χ4n) is 2.42. The third kappa shape index (κ3) is 6.66. The number of ether oxygens (including phenoxy) is 4. The van der Waals surface area contributed by atoms with Gasteiger partial charge < -0.3 is 24.3 Å². The van der Waals surface area contributed by atoms with Gasteiger partial charge in [0.1, 0.15) is 0 Å². The molecule has 2 aromatic carbocycles. The standard InChI is InChI=1S/C22H23NO7/c1-4-29-18-11-5-15(13-19(18)27-2)6-12-21(25)30-14-20(24)23-17-9-7-16(8-10-17)22(26)28-3/h5-13H,4,14H2,1-3H3,(H,23,24)/b12-6+. The summed E-state index contributed by atoms with van der Waals surface area (Å²) in [6.07, 6.45) is 2.76. The fourth-order valence-corrected chi connectivity index (χ4v) is 2.42. The van der Waals surface area contributed by atoms with Crippen molar-refractivity contribution in [3.63, 3.8) is 0 Å². The van der Waals surface area contributed by atoms with E-state index in [1.54, 1.807) is 36.4 Å². The van der Waals surface area contributed by atoms with E-state index in [1.165, 1.54) is 32.4 Å². The summed E-state index contributed by atoms with van der Waals surface area (Å²) in [6, 6.07) is 11.4. The van der Waals surface area contributed by atoms with Crippen LogP contribution >= 0.6 is 0 Å². The summed E-state index contributed by atoms with van der Waals surface area (Å²) in [7, 11) is 2.81. The summed E-state index contributed by atoms with van der Waals surface area (Å²) in [5.74, 6) is -0.496. The van der Waals surface area contributed by atoms with Crippen LogP contribution in [0, 0.1) is 0 Å². The Balaban J connectivity index is 1.85. The second kappa shape index (κ2) is 11.3. The molecule has 0 radical (unpaired) electrons. The lowest BCUT2D eigenvalue weighted by Crippen LogP contribution is -2.20. The molecule has 0 aliphatic carbocycles. The minimum atomic E-state index is -0.668. The van der Waals surface area contributed by atoms with Crippen molar-refractivity contribution in [2.45, 2.75) is 6.92 Å². The molecule has 0 aromatic heterocycles. The molecule has 2 aromatic rings. The number of hydrogen-bond donors (Lipinski definition) is 1. The number of rotatable bonds is 9. The molecule has 0 saturated carbocycles. The van der Waals surface area contributed by atoms with Crippen LogP contribution in [-0.2, 0) is 19.1 Å². The maximum absolute atomic E-state index is 11.9. The average molecular weight is 413 g/mol. The largest absolute Gasteiger partial charge is 0.493 e. The van der Waals surface area contributed by atoms with Crippen LogP contribution in [0.25, 0.3) is 6.08 Å². The number of nitrogens with one attached hydrogen (secondary N) is 1. The lowest BCUT2D eigenvalue weighted by atomic mass is 10.2. The number of carbonyl (C=O) groups is 3. The van der Waals surface area contributed by atoms with Crippen molar-refractivity contribution < 1.29 is 33.3 Å². The first-order valence-corrected chi connectivity index (χ1v) is 9.10. The minimum Gasteiger partial charge on any atom is -0.493 e. The van der Waals surface area contributed by atoms with Crippen molar-refractivity contribution in [2.75, 3.05) is 32.8 Å². The maximum Gasteiger partial charge on any atom is 0.337 e. The third-order valence-electron chi connectivity index (χ3n) is 3.83. The molecule has 0 bridgehead atoms. The summed E-state index contributed by atoms with van der Waals surface area (Å²) in [5, 5.41) is 2.57. The molecule has 30 heavy (non-hydrogen) atoms. The van der Waals surface area contributed by atoms with E-state index in [-0.39, 0.29) is 0 Å². The Kier molecular flexibility index (Phi) is 8.43. The van der Waals surface area contributed by atoms with Crippen molar-refractivity contribution in [1.29, 1.82) is 0 Å². The minimum absolute atomic E-state index is 0.359. The molecule has 158 valence electrons. The smallest absolute Gasteiger partial charge is 0.337 e. The van der Waals surface area contributed by atoms with E-state index in [9.17, 15) is 14.4 Å². The predicted octanol–water partition coefficient (Wildman–Crippen LogP) is 3.08. The third-order valence-corrected chi connectivity index (χ3v) is 3.83. The quantitative estimate of drug-likeness (QED) is 0.498. The van der Waals surface area contributed by atoms with Crippen molar-refractivity contribution in [3.05, 3.63) is 59.7 Å². The van der Waals surface area contributed by atoms with Gasteiger partial charge in [-0.15, -0.1) is 0 Å². The Morgan fingerprint density at radius 2 is 1.73 bits per heavy atom. The highest BCUT2D eigenvalue weighted by atomic mass is 16.5. The molecule has 1 N–H and O–H groups in total. The average Bonchev–Trinajstić information content (AvgIpc) is 2.77. The molecular weight excluding hydrogens is 390 g/mol. The SMILES string of the molecule is CCOc1ccc(/C=C/C(=O)OCC(=O)Nc2ccc(C(=O)OC)cc2)cc1OC. The van der Waals surface area contributed by atoms with Crippen LogP contribution in [0.4, 0.5) is 5.69 Å². The molecule has 0 heterocycles. The van der Waals surface area contributed by atoms with E-state index < -0.39 is 24.5 Å². The molecule has 0 fully saturated rings. The van der Waals surface area contributed by atoms with Crippen molar-refractivity contribution in [1.82, 2.24) is 0 Å². The van der Waals surface area contributed by atoms with Gasteiger partial charge in [-0.2, -0.15) is 0 Å². The Morgan fingerprint density at radius 3 is 2.37 bits per heavy atom. The number of methoxy groups -OCH3 is 2. The second-order valence-electron chi connectivity index (χ2n) is 5.90. The number of benzene rings is 2. The van der Waals surface area contributed by atoms with Crippen LogP contribution in [0.3, 0.4) is 0 Å². The normalized spacial score (nSPS) is 10.4. The van der Waals surface area contributed by atoms with E-state index in [0.717, 1.165) is 0 Å². The van der Waals surface area contributed by atoms with E-state index in [0.29, 0.717) is 34.9 Å². The number of hydrogen-bond acceptors (Lipinski definition) is 7. The topological polar surface area (TPSA) is 100 Å². The van der Waals surface area contributed by atoms with Gasteiger partial charge in [0, 0.05) is 11.8 Å². The number of esters is 2. The Morgan fingerprint density at radius 1 is 1.00 bits per heavy atom. The molecule has 0 aliphatic rings. The number of carbonyl (C=O) groups excluding carboxylic acids is 3. The molecule has 0 aliphatic heterocycles. The van der Waals surface area contributed by atoms with Gasteiger partial charge in [-0.1, -0.05) is 6.07 Å². The predicted molar refractivity (Wildman–Crippen MR) is 111 cm³/mol. The van der Waals surface area contributed by atoms with Gasteiger partial charge >= 0.3 is 11.9 Å². The van der Waals surface area contributed by atoms with Gasteiger partial charge in [0.25, 0.3) is 5.91 Å². The number of amides is 1. The fraction of sp³-hybridized carbons (Fsp3) is 0.227. The van der Waals surface area contributed by atoms with Crippen LogP contribution in [-0.4, -0.2) is 45.3 Å². The van der Waals surface area contributed by atoms with Gasteiger partial charge in [-0.25, -0.2) is 9.59 Å². The molecular formula is C22H23NO7. The van der Waals surface area contributed by atoms with Gasteiger partial charge in [0.2, 0.25) is 0 Å². The Labute approximate surface area is 174 Å². The Bertz CT molecular complexity index is 920. The van der Waals surface area contributed by atoms with Crippen LogP contribution < -0.4 is 14.8 Å².